The Morgan fingerprint density at radius 1 is 1.28 bits per heavy atom. The van der Waals surface area contributed by atoms with E-state index in [0.29, 0.717) is 24.6 Å². The number of carbonyl (C=O) groups excluding carboxylic acids is 2. The summed E-state index contributed by atoms with van der Waals surface area (Å²) in [6, 6.07) is 7.27. The zero-order valence-corrected chi connectivity index (χ0v) is 15.0. The maximum Gasteiger partial charge on any atom is 0.315 e. The van der Waals surface area contributed by atoms with Crippen LogP contribution in [-0.2, 0) is 4.79 Å². The lowest BCUT2D eigenvalue weighted by molar-refractivity contribution is -0.114. The monoisotopic (exact) mass is 348 g/mol. The molecule has 25 heavy (non-hydrogen) atoms. The Morgan fingerprint density at radius 3 is 2.72 bits per heavy atom. The molecular formula is C18H28N4O3. The predicted octanol–water partition coefficient (Wildman–Crippen LogP) is 1.81. The number of likely N-dealkylation sites (tertiary alicyclic amines) is 1. The van der Waals surface area contributed by atoms with Crippen LogP contribution >= 0.6 is 0 Å². The fourth-order valence-corrected chi connectivity index (χ4v) is 2.83. The Kier molecular flexibility index (Phi) is 7.53. The van der Waals surface area contributed by atoms with Crippen LogP contribution in [0.15, 0.2) is 24.3 Å². The Hall–Kier alpha value is -2.28. The van der Waals surface area contributed by atoms with Crippen molar-refractivity contribution in [1.82, 2.24) is 15.5 Å². The van der Waals surface area contributed by atoms with Crippen LogP contribution in [0.3, 0.4) is 0 Å². The number of anilines is 1. The molecule has 1 aromatic rings. The first-order valence-corrected chi connectivity index (χ1v) is 8.84. The molecule has 0 spiro atoms. The Morgan fingerprint density at radius 2 is 2.04 bits per heavy atom. The third-order valence-electron chi connectivity index (χ3n) is 4.18. The average molecular weight is 348 g/mol. The first-order chi connectivity index (χ1) is 12.1. The summed E-state index contributed by atoms with van der Waals surface area (Å²) in [5.41, 5.74) is 0.689. The van der Waals surface area contributed by atoms with E-state index in [1.165, 1.54) is 6.92 Å². The molecule has 1 fully saturated rings. The lowest BCUT2D eigenvalue weighted by atomic mass is 10.1. The normalized spacial score (nSPS) is 15.4. The Bertz CT molecular complexity index is 571. The molecule has 0 aromatic heterocycles. The van der Waals surface area contributed by atoms with Crippen LogP contribution in [0.4, 0.5) is 10.5 Å². The van der Waals surface area contributed by atoms with Crippen molar-refractivity contribution in [3.05, 3.63) is 24.3 Å². The molecule has 0 unspecified atom stereocenters. The number of amides is 3. The largest absolute Gasteiger partial charge is 0.492 e. The van der Waals surface area contributed by atoms with E-state index in [1.54, 1.807) is 12.1 Å². The van der Waals surface area contributed by atoms with E-state index in [2.05, 4.69) is 27.8 Å². The van der Waals surface area contributed by atoms with Gasteiger partial charge in [0.15, 0.2) is 0 Å². The van der Waals surface area contributed by atoms with Gasteiger partial charge >= 0.3 is 6.03 Å². The van der Waals surface area contributed by atoms with Gasteiger partial charge in [0.05, 0.1) is 6.54 Å². The summed E-state index contributed by atoms with van der Waals surface area (Å²) in [6.45, 7) is 7.55. The van der Waals surface area contributed by atoms with E-state index in [4.69, 9.17) is 4.74 Å². The molecule has 1 aromatic carbocycles. The molecule has 138 valence electrons. The molecule has 0 bridgehead atoms. The molecule has 0 aliphatic carbocycles. The number of ether oxygens (including phenoxy) is 1. The molecule has 0 saturated carbocycles. The van der Waals surface area contributed by atoms with E-state index in [9.17, 15) is 9.59 Å². The van der Waals surface area contributed by atoms with Crippen molar-refractivity contribution in [2.24, 2.45) is 0 Å². The number of hydrogen-bond donors (Lipinski definition) is 3. The van der Waals surface area contributed by atoms with Gasteiger partial charge in [-0.25, -0.2) is 4.79 Å². The molecule has 0 atom stereocenters. The number of nitrogens with one attached hydrogen (secondary N) is 3. The van der Waals surface area contributed by atoms with Crippen LogP contribution in [-0.4, -0.2) is 55.7 Å². The summed E-state index contributed by atoms with van der Waals surface area (Å²) in [7, 11) is 0. The molecular weight excluding hydrogens is 320 g/mol. The van der Waals surface area contributed by atoms with Crippen LogP contribution in [0.1, 0.15) is 26.7 Å². The third-order valence-corrected chi connectivity index (χ3v) is 4.18. The molecule has 1 saturated heterocycles. The minimum Gasteiger partial charge on any atom is -0.492 e. The summed E-state index contributed by atoms with van der Waals surface area (Å²) in [6.07, 6.45) is 1.99. The quantitative estimate of drug-likeness (QED) is 0.656. The van der Waals surface area contributed by atoms with Crippen LogP contribution in [0.2, 0.25) is 0 Å². The number of piperidine rings is 1. The van der Waals surface area contributed by atoms with Crippen LogP contribution in [0, 0.1) is 0 Å². The molecule has 2 rings (SSSR count). The van der Waals surface area contributed by atoms with Crippen LogP contribution < -0.4 is 20.7 Å². The van der Waals surface area contributed by atoms with Crippen molar-refractivity contribution in [3.63, 3.8) is 0 Å². The molecule has 1 heterocycles. The lowest BCUT2D eigenvalue weighted by Crippen LogP contribution is -2.48. The van der Waals surface area contributed by atoms with E-state index in [-0.39, 0.29) is 18.0 Å². The Labute approximate surface area is 149 Å². The summed E-state index contributed by atoms with van der Waals surface area (Å²) in [5.74, 6) is 0.528. The van der Waals surface area contributed by atoms with E-state index in [0.717, 1.165) is 32.5 Å². The van der Waals surface area contributed by atoms with Gasteiger partial charge in [-0.15, -0.1) is 0 Å². The molecule has 1 aliphatic heterocycles. The maximum atomic E-state index is 11.9. The lowest BCUT2D eigenvalue weighted by Gasteiger charge is -2.31. The van der Waals surface area contributed by atoms with Gasteiger partial charge in [0.25, 0.3) is 0 Å². The molecule has 7 nitrogen and oxygen atoms in total. The predicted molar refractivity (Wildman–Crippen MR) is 97.9 cm³/mol. The molecule has 7 heteroatoms. The number of nitrogens with zero attached hydrogens (tertiary/aromatic N) is 1. The smallest absolute Gasteiger partial charge is 0.315 e. The summed E-state index contributed by atoms with van der Waals surface area (Å²) < 4.78 is 5.60. The van der Waals surface area contributed by atoms with Crippen molar-refractivity contribution in [3.8, 4) is 5.75 Å². The molecule has 3 N–H and O–H groups in total. The molecule has 1 aliphatic rings. The minimum absolute atomic E-state index is 0.125. The fourth-order valence-electron chi connectivity index (χ4n) is 2.83. The van der Waals surface area contributed by atoms with Gasteiger partial charge < -0.3 is 25.6 Å². The highest BCUT2D eigenvalue weighted by Gasteiger charge is 2.19. The number of rotatable bonds is 7. The number of benzene rings is 1. The van der Waals surface area contributed by atoms with E-state index < -0.39 is 0 Å². The highest BCUT2D eigenvalue weighted by atomic mass is 16.5. The van der Waals surface area contributed by atoms with Gasteiger partial charge in [-0.2, -0.15) is 0 Å². The van der Waals surface area contributed by atoms with Gasteiger partial charge in [0.1, 0.15) is 12.4 Å². The van der Waals surface area contributed by atoms with Gasteiger partial charge in [-0.05, 0) is 31.5 Å². The summed E-state index contributed by atoms with van der Waals surface area (Å²) in [5, 5.41) is 8.53. The second-order valence-corrected chi connectivity index (χ2v) is 6.17. The molecule has 0 radical (unpaired) electrons. The van der Waals surface area contributed by atoms with Crippen molar-refractivity contribution < 1.29 is 14.3 Å². The van der Waals surface area contributed by atoms with Gasteiger partial charge in [-0.1, -0.05) is 13.0 Å². The van der Waals surface area contributed by atoms with Gasteiger partial charge in [0, 0.05) is 37.8 Å². The third kappa shape index (κ3) is 7.01. The highest BCUT2D eigenvalue weighted by Crippen LogP contribution is 2.17. The zero-order chi connectivity index (χ0) is 18.1. The number of carbonyl (C=O) groups is 2. The van der Waals surface area contributed by atoms with Crippen LogP contribution in [0.25, 0.3) is 0 Å². The van der Waals surface area contributed by atoms with Crippen molar-refractivity contribution in [1.29, 1.82) is 0 Å². The highest BCUT2D eigenvalue weighted by molar-refractivity contribution is 5.88. The topological polar surface area (TPSA) is 82.7 Å². The number of urea groups is 1. The first-order valence-electron chi connectivity index (χ1n) is 8.84. The number of hydrogen-bond acceptors (Lipinski definition) is 4. The summed E-state index contributed by atoms with van der Waals surface area (Å²) in [4.78, 5) is 25.3. The minimum atomic E-state index is -0.148. The van der Waals surface area contributed by atoms with E-state index in [1.807, 2.05) is 12.1 Å². The van der Waals surface area contributed by atoms with Crippen LogP contribution in [0.5, 0.6) is 5.75 Å². The molecule has 3 amide bonds. The fraction of sp³-hybridized carbons (Fsp3) is 0.556. The average Bonchev–Trinajstić information content (AvgIpc) is 2.59. The maximum absolute atomic E-state index is 11.9. The van der Waals surface area contributed by atoms with Crippen molar-refractivity contribution in [2.45, 2.75) is 32.7 Å². The van der Waals surface area contributed by atoms with E-state index >= 15 is 0 Å². The van der Waals surface area contributed by atoms with Gasteiger partial charge in [0.2, 0.25) is 5.91 Å². The zero-order valence-electron chi connectivity index (χ0n) is 15.0. The Balaban J connectivity index is 1.62. The van der Waals surface area contributed by atoms with Gasteiger partial charge in [-0.3, -0.25) is 4.79 Å². The first kappa shape index (κ1) is 19.1. The summed E-state index contributed by atoms with van der Waals surface area (Å²) >= 11 is 0. The second kappa shape index (κ2) is 9.88. The van der Waals surface area contributed by atoms with Crippen molar-refractivity contribution >= 4 is 17.6 Å². The van der Waals surface area contributed by atoms with Crippen molar-refractivity contribution in [2.75, 3.05) is 38.1 Å². The second-order valence-electron chi connectivity index (χ2n) is 6.17. The SMILES string of the molecule is CCN1CCC(NC(=O)NCCOc2cccc(NC(C)=O)c2)CC1. The standard InChI is InChI=1S/C18H28N4O3/c1-3-22-10-7-15(8-11-22)21-18(24)19-9-12-25-17-6-4-5-16(13-17)20-14(2)23/h4-6,13,15H,3,7-12H2,1-2H3,(H,20,23)(H2,19,21,24).